The maximum Gasteiger partial charge on any atom is 0.416 e. The zero-order chi connectivity index (χ0) is 16.2. The first kappa shape index (κ1) is 23.3. The molecule has 0 aliphatic carbocycles. The van der Waals surface area contributed by atoms with Crippen LogP contribution >= 0.6 is 24.8 Å². The zero-order valence-corrected chi connectivity index (χ0v) is 15.5. The van der Waals surface area contributed by atoms with Crippen molar-refractivity contribution in [3.05, 3.63) is 29.3 Å². The maximum atomic E-state index is 13.4. The molecule has 1 aliphatic rings. The van der Waals surface area contributed by atoms with Gasteiger partial charge in [0.15, 0.2) is 0 Å². The van der Waals surface area contributed by atoms with Gasteiger partial charge in [-0.3, -0.25) is 4.90 Å². The average Bonchev–Trinajstić information content (AvgIpc) is 2.52. The van der Waals surface area contributed by atoms with E-state index >= 15 is 0 Å². The van der Waals surface area contributed by atoms with Crippen LogP contribution in [-0.4, -0.2) is 38.2 Å². The fraction of sp³-hybridized carbons (Fsp3) is 0.625. The predicted molar refractivity (Wildman–Crippen MR) is 94.6 cm³/mol. The van der Waals surface area contributed by atoms with E-state index in [4.69, 9.17) is 4.74 Å². The summed E-state index contributed by atoms with van der Waals surface area (Å²) in [7, 11) is 1.38. The summed E-state index contributed by atoms with van der Waals surface area (Å²) in [6, 6.07) is 4.11. The third kappa shape index (κ3) is 5.69. The number of halogens is 5. The molecular formula is C16H25Cl2F3N2O. The highest BCUT2D eigenvalue weighted by Gasteiger charge is 2.37. The molecule has 0 radical (unpaired) electrons. The standard InChI is InChI=1S/C16H23F3N2O.2ClH/c1-3-4-15(21-9-7-20-8-10-21)13-6-5-12(22-2)11-14(13)16(17,18)19;;/h5-6,11,15,20H,3-4,7-10H2,1-2H3;2*1H/t15-;;/m1../s1. The third-order valence-electron chi connectivity index (χ3n) is 4.08. The Labute approximate surface area is 153 Å². The molecule has 0 saturated carbocycles. The molecule has 1 aromatic carbocycles. The predicted octanol–water partition coefficient (Wildman–Crippen LogP) is 4.30. The minimum atomic E-state index is -4.37. The highest BCUT2D eigenvalue weighted by Crippen LogP contribution is 2.39. The summed E-state index contributed by atoms with van der Waals surface area (Å²) in [5.41, 5.74) is -0.221. The quantitative estimate of drug-likeness (QED) is 0.813. The molecule has 0 unspecified atom stereocenters. The summed E-state index contributed by atoms with van der Waals surface area (Å²) in [6.07, 6.45) is -2.81. The molecular weight excluding hydrogens is 364 g/mol. The van der Waals surface area contributed by atoms with E-state index in [0.29, 0.717) is 5.56 Å². The Bertz CT molecular complexity index is 495. The van der Waals surface area contributed by atoms with Gasteiger partial charge in [0.25, 0.3) is 0 Å². The second-order valence-electron chi connectivity index (χ2n) is 5.54. The Morgan fingerprint density at radius 1 is 1.21 bits per heavy atom. The molecule has 3 nitrogen and oxygen atoms in total. The Morgan fingerprint density at radius 2 is 1.83 bits per heavy atom. The van der Waals surface area contributed by atoms with Gasteiger partial charge in [-0.25, -0.2) is 0 Å². The zero-order valence-electron chi connectivity index (χ0n) is 13.9. The van der Waals surface area contributed by atoms with Gasteiger partial charge in [0, 0.05) is 32.2 Å². The molecule has 1 heterocycles. The number of piperazine rings is 1. The van der Waals surface area contributed by atoms with E-state index in [9.17, 15) is 13.2 Å². The Hall–Kier alpha value is -0.690. The fourth-order valence-corrected chi connectivity index (χ4v) is 3.00. The van der Waals surface area contributed by atoms with Crippen LogP contribution in [0.2, 0.25) is 0 Å². The van der Waals surface area contributed by atoms with Crippen molar-refractivity contribution in [2.45, 2.75) is 32.0 Å². The molecule has 8 heteroatoms. The van der Waals surface area contributed by atoms with Crippen LogP contribution in [-0.2, 0) is 6.18 Å². The molecule has 0 bridgehead atoms. The second kappa shape index (κ2) is 10.3. The highest BCUT2D eigenvalue weighted by molar-refractivity contribution is 5.85. The van der Waals surface area contributed by atoms with Crippen molar-refractivity contribution in [2.75, 3.05) is 33.3 Å². The Morgan fingerprint density at radius 3 is 2.33 bits per heavy atom. The first-order valence-electron chi connectivity index (χ1n) is 7.67. The number of nitrogens with one attached hydrogen (secondary N) is 1. The van der Waals surface area contributed by atoms with Gasteiger partial charge in [0.05, 0.1) is 12.7 Å². The lowest BCUT2D eigenvalue weighted by molar-refractivity contribution is -0.139. The number of ether oxygens (including phenoxy) is 1. The maximum absolute atomic E-state index is 13.4. The van der Waals surface area contributed by atoms with Crippen LogP contribution in [0.15, 0.2) is 18.2 Å². The molecule has 0 aromatic heterocycles. The van der Waals surface area contributed by atoms with Crippen LogP contribution in [0, 0.1) is 0 Å². The minimum Gasteiger partial charge on any atom is -0.497 e. The van der Waals surface area contributed by atoms with Gasteiger partial charge in [-0.1, -0.05) is 19.4 Å². The lowest BCUT2D eigenvalue weighted by Gasteiger charge is -2.36. The number of hydrogen-bond donors (Lipinski definition) is 1. The molecule has 1 atom stereocenters. The Balaban J connectivity index is 0.00000264. The van der Waals surface area contributed by atoms with Crippen LogP contribution in [0.25, 0.3) is 0 Å². The van der Waals surface area contributed by atoms with E-state index in [1.165, 1.54) is 7.11 Å². The molecule has 2 rings (SSSR count). The molecule has 1 fully saturated rings. The summed E-state index contributed by atoms with van der Waals surface area (Å²) in [4.78, 5) is 2.15. The molecule has 24 heavy (non-hydrogen) atoms. The van der Waals surface area contributed by atoms with E-state index in [-0.39, 0.29) is 36.6 Å². The van der Waals surface area contributed by atoms with Gasteiger partial charge in [0.2, 0.25) is 0 Å². The van der Waals surface area contributed by atoms with E-state index in [0.717, 1.165) is 45.1 Å². The Kier molecular flexibility index (Phi) is 10.0. The van der Waals surface area contributed by atoms with Gasteiger partial charge in [-0.05, 0) is 24.1 Å². The second-order valence-corrected chi connectivity index (χ2v) is 5.54. The largest absolute Gasteiger partial charge is 0.497 e. The number of benzene rings is 1. The topological polar surface area (TPSA) is 24.5 Å². The molecule has 1 saturated heterocycles. The lowest BCUT2D eigenvalue weighted by atomic mass is 9.94. The molecule has 140 valence electrons. The van der Waals surface area contributed by atoms with E-state index in [1.807, 2.05) is 6.92 Å². The van der Waals surface area contributed by atoms with E-state index in [2.05, 4.69) is 10.2 Å². The van der Waals surface area contributed by atoms with Crippen molar-refractivity contribution < 1.29 is 17.9 Å². The first-order valence-corrected chi connectivity index (χ1v) is 7.67. The number of alkyl halides is 3. The SMILES string of the molecule is CCC[C@H](c1ccc(OC)cc1C(F)(F)F)N1CCNCC1.Cl.Cl. The van der Waals surface area contributed by atoms with Gasteiger partial charge < -0.3 is 10.1 Å². The van der Waals surface area contributed by atoms with Crippen LogP contribution in [0.5, 0.6) is 5.75 Å². The minimum absolute atomic E-state index is 0. The van der Waals surface area contributed by atoms with Crippen LogP contribution in [0.4, 0.5) is 13.2 Å². The smallest absolute Gasteiger partial charge is 0.416 e. The number of hydrogen-bond acceptors (Lipinski definition) is 3. The van der Waals surface area contributed by atoms with Crippen molar-refractivity contribution in [3.63, 3.8) is 0 Å². The monoisotopic (exact) mass is 388 g/mol. The van der Waals surface area contributed by atoms with Crippen LogP contribution in [0.3, 0.4) is 0 Å². The first-order chi connectivity index (χ1) is 10.5. The van der Waals surface area contributed by atoms with Crippen LogP contribution in [0.1, 0.15) is 36.9 Å². The molecule has 0 amide bonds. The third-order valence-corrected chi connectivity index (χ3v) is 4.08. The molecule has 1 aliphatic heterocycles. The molecule has 1 aromatic rings. The summed E-state index contributed by atoms with van der Waals surface area (Å²) < 4.78 is 45.3. The van der Waals surface area contributed by atoms with Crippen molar-refractivity contribution in [1.82, 2.24) is 10.2 Å². The summed E-state index contributed by atoms with van der Waals surface area (Å²) in [5.74, 6) is 0.242. The van der Waals surface area contributed by atoms with Gasteiger partial charge in [-0.2, -0.15) is 13.2 Å². The van der Waals surface area contributed by atoms with Gasteiger partial charge in [0.1, 0.15) is 5.75 Å². The average molecular weight is 389 g/mol. The molecule has 0 spiro atoms. The summed E-state index contributed by atoms with van der Waals surface area (Å²) >= 11 is 0. The molecule has 1 N–H and O–H groups in total. The number of nitrogens with zero attached hydrogens (tertiary/aromatic N) is 1. The lowest BCUT2D eigenvalue weighted by Crippen LogP contribution is -2.45. The van der Waals surface area contributed by atoms with Crippen molar-refractivity contribution in [1.29, 1.82) is 0 Å². The van der Waals surface area contributed by atoms with Gasteiger partial charge >= 0.3 is 6.18 Å². The van der Waals surface area contributed by atoms with Crippen LogP contribution < -0.4 is 10.1 Å². The van der Waals surface area contributed by atoms with Crippen molar-refractivity contribution in [2.24, 2.45) is 0 Å². The fourth-order valence-electron chi connectivity index (χ4n) is 3.00. The normalized spacial score (nSPS) is 16.7. The number of methoxy groups -OCH3 is 1. The van der Waals surface area contributed by atoms with Crippen molar-refractivity contribution >= 4 is 24.8 Å². The summed E-state index contributed by atoms with van der Waals surface area (Å²) in [6.45, 7) is 5.18. The van der Waals surface area contributed by atoms with E-state index < -0.39 is 11.7 Å². The van der Waals surface area contributed by atoms with Gasteiger partial charge in [-0.15, -0.1) is 24.8 Å². The van der Waals surface area contributed by atoms with Crippen molar-refractivity contribution in [3.8, 4) is 5.75 Å². The van der Waals surface area contributed by atoms with E-state index in [1.54, 1.807) is 12.1 Å². The summed E-state index contributed by atoms with van der Waals surface area (Å²) in [5, 5.41) is 3.24. The highest BCUT2D eigenvalue weighted by atomic mass is 35.5. The number of rotatable bonds is 5.